The molecule has 0 radical (unpaired) electrons. The fourth-order valence-electron chi connectivity index (χ4n) is 2.51. The third kappa shape index (κ3) is 6.55. The molecule has 0 aromatic heterocycles. The van der Waals surface area contributed by atoms with Crippen LogP contribution >= 0.6 is 24.0 Å². The molecule has 0 aliphatic carbocycles. The molecule has 0 unspecified atom stereocenters. The third-order valence-corrected chi connectivity index (χ3v) is 3.52. The second-order valence-electron chi connectivity index (χ2n) is 5.72. The lowest BCUT2D eigenvalue weighted by Crippen LogP contribution is -2.41. The van der Waals surface area contributed by atoms with E-state index in [0.29, 0.717) is 12.6 Å². The van der Waals surface area contributed by atoms with Gasteiger partial charge in [0.2, 0.25) is 0 Å². The number of rotatable bonds is 5. The van der Waals surface area contributed by atoms with Crippen molar-refractivity contribution >= 4 is 35.6 Å². The average Bonchev–Trinajstić information content (AvgIpc) is 2.53. The minimum atomic E-state index is 0. The first-order valence-corrected chi connectivity index (χ1v) is 8.16. The molecule has 1 saturated heterocycles. The van der Waals surface area contributed by atoms with Crippen LogP contribution in [0.5, 0.6) is 0 Å². The topological polar surface area (TPSA) is 48.9 Å². The first-order valence-electron chi connectivity index (χ1n) is 8.16. The summed E-state index contributed by atoms with van der Waals surface area (Å²) in [6.07, 6.45) is 0. The number of para-hydroxylation sites is 1. The van der Waals surface area contributed by atoms with Gasteiger partial charge in [0.15, 0.2) is 5.96 Å². The van der Waals surface area contributed by atoms with Crippen molar-refractivity contribution in [2.45, 2.75) is 33.4 Å². The first kappa shape index (κ1) is 20.0. The molecule has 6 heteroatoms. The lowest BCUT2D eigenvalue weighted by molar-refractivity contribution is 0.122. The van der Waals surface area contributed by atoms with E-state index in [9.17, 15) is 0 Å². The molecule has 1 aliphatic heterocycles. The quantitative estimate of drug-likeness (QED) is 0.427. The van der Waals surface area contributed by atoms with Crippen molar-refractivity contribution in [1.29, 1.82) is 0 Å². The van der Waals surface area contributed by atoms with Gasteiger partial charge in [-0.1, -0.05) is 18.2 Å². The van der Waals surface area contributed by atoms with Crippen molar-refractivity contribution in [3.05, 3.63) is 29.8 Å². The van der Waals surface area contributed by atoms with Gasteiger partial charge in [0.05, 0.1) is 19.8 Å². The molecule has 0 saturated carbocycles. The number of morpholine rings is 1. The number of aliphatic imine (C=N–C) groups is 1. The minimum Gasteiger partial charge on any atom is -0.378 e. The summed E-state index contributed by atoms with van der Waals surface area (Å²) < 4.78 is 5.45. The van der Waals surface area contributed by atoms with Gasteiger partial charge < -0.3 is 20.3 Å². The van der Waals surface area contributed by atoms with Gasteiger partial charge in [0.1, 0.15) is 0 Å². The van der Waals surface area contributed by atoms with Crippen LogP contribution in [0.25, 0.3) is 0 Å². The molecule has 0 bridgehead atoms. The summed E-state index contributed by atoms with van der Waals surface area (Å²) in [5.74, 6) is 0.870. The summed E-state index contributed by atoms with van der Waals surface area (Å²) in [7, 11) is 0. The molecular weight excluding hydrogens is 403 g/mol. The zero-order chi connectivity index (χ0) is 15.8. The lowest BCUT2D eigenvalue weighted by Gasteiger charge is -2.30. The molecule has 1 aliphatic rings. The van der Waals surface area contributed by atoms with Crippen LogP contribution in [-0.2, 0) is 11.3 Å². The predicted octanol–water partition coefficient (Wildman–Crippen LogP) is 2.60. The molecule has 0 spiro atoms. The van der Waals surface area contributed by atoms with Gasteiger partial charge in [-0.2, -0.15) is 0 Å². The summed E-state index contributed by atoms with van der Waals surface area (Å²) in [5, 5.41) is 6.64. The van der Waals surface area contributed by atoms with Crippen molar-refractivity contribution < 1.29 is 4.74 Å². The standard InChI is InChI=1S/C17H28N4O.HI/c1-4-18-17(20-14(2)3)19-13-15-7-5-6-8-16(15)21-9-11-22-12-10-21;/h5-8,14H,4,9-13H2,1-3H3,(H2,18,19,20);1H. The van der Waals surface area contributed by atoms with E-state index in [4.69, 9.17) is 9.73 Å². The number of nitrogens with zero attached hydrogens (tertiary/aromatic N) is 2. The van der Waals surface area contributed by atoms with Gasteiger partial charge in [-0.3, -0.25) is 0 Å². The Balaban J connectivity index is 0.00000264. The van der Waals surface area contributed by atoms with Crippen LogP contribution in [-0.4, -0.2) is 44.8 Å². The number of ether oxygens (including phenoxy) is 1. The first-order chi connectivity index (χ1) is 10.7. The highest BCUT2D eigenvalue weighted by Crippen LogP contribution is 2.22. The molecular formula is C17H29IN4O. The molecule has 1 fully saturated rings. The van der Waals surface area contributed by atoms with Gasteiger partial charge in [0, 0.05) is 31.4 Å². The van der Waals surface area contributed by atoms with Crippen LogP contribution in [0.2, 0.25) is 0 Å². The van der Waals surface area contributed by atoms with Gasteiger partial charge in [-0.25, -0.2) is 4.99 Å². The molecule has 5 nitrogen and oxygen atoms in total. The summed E-state index contributed by atoms with van der Waals surface area (Å²) in [5.41, 5.74) is 2.53. The van der Waals surface area contributed by atoms with Crippen LogP contribution in [0.15, 0.2) is 29.3 Å². The highest BCUT2D eigenvalue weighted by Gasteiger charge is 2.14. The Hall–Kier alpha value is -1.02. The van der Waals surface area contributed by atoms with Crippen molar-refractivity contribution in [2.75, 3.05) is 37.7 Å². The fourth-order valence-corrected chi connectivity index (χ4v) is 2.51. The van der Waals surface area contributed by atoms with Crippen LogP contribution in [0.4, 0.5) is 5.69 Å². The van der Waals surface area contributed by atoms with Crippen molar-refractivity contribution in [1.82, 2.24) is 10.6 Å². The lowest BCUT2D eigenvalue weighted by atomic mass is 10.1. The van der Waals surface area contributed by atoms with E-state index in [2.05, 4.69) is 60.6 Å². The van der Waals surface area contributed by atoms with E-state index in [0.717, 1.165) is 38.8 Å². The smallest absolute Gasteiger partial charge is 0.191 e. The molecule has 2 N–H and O–H groups in total. The van der Waals surface area contributed by atoms with E-state index in [1.165, 1.54) is 11.3 Å². The Morgan fingerprint density at radius 1 is 1.26 bits per heavy atom. The number of guanidine groups is 1. The average molecular weight is 432 g/mol. The van der Waals surface area contributed by atoms with E-state index >= 15 is 0 Å². The van der Waals surface area contributed by atoms with Crippen LogP contribution in [0.3, 0.4) is 0 Å². The molecule has 1 heterocycles. The second-order valence-corrected chi connectivity index (χ2v) is 5.72. The molecule has 23 heavy (non-hydrogen) atoms. The highest BCUT2D eigenvalue weighted by molar-refractivity contribution is 14.0. The minimum absolute atomic E-state index is 0. The van der Waals surface area contributed by atoms with Gasteiger partial charge in [-0.15, -0.1) is 24.0 Å². The van der Waals surface area contributed by atoms with Gasteiger partial charge in [-0.05, 0) is 32.4 Å². The Labute approximate surface area is 156 Å². The number of nitrogens with one attached hydrogen (secondary N) is 2. The predicted molar refractivity (Wildman–Crippen MR) is 108 cm³/mol. The number of anilines is 1. The van der Waals surface area contributed by atoms with Gasteiger partial charge >= 0.3 is 0 Å². The normalized spacial score (nSPS) is 15.3. The maximum Gasteiger partial charge on any atom is 0.191 e. The van der Waals surface area contributed by atoms with E-state index in [-0.39, 0.29) is 24.0 Å². The molecule has 1 aromatic carbocycles. The van der Waals surface area contributed by atoms with Crippen molar-refractivity contribution in [3.8, 4) is 0 Å². The van der Waals surface area contributed by atoms with E-state index in [1.54, 1.807) is 0 Å². The summed E-state index contributed by atoms with van der Waals surface area (Å²) >= 11 is 0. The number of halogens is 1. The Morgan fingerprint density at radius 2 is 1.96 bits per heavy atom. The fraction of sp³-hybridized carbons (Fsp3) is 0.588. The third-order valence-electron chi connectivity index (χ3n) is 3.52. The largest absolute Gasteiger partial charge is 0.378 e. The van der Waals surface area contributed by atoms with Crippen molar-refractivity contribution in [3.63, 3.8) is 0 Å². The van der Waals surface area contributed by atoms with E-state index < -0.39 is 0 Å². The zero-order valence-electron chi connectivity index (χ0n) is 14.3. The number of benzene rings is 1. The molecule has 130 valence electrons. The van der Waals surface area contributed by atoms with Crippen LogP contribution in [0, 0.1) is 0 Å². The molecule has 0 atom stereocenters. The molecule has 0 amide bonds. The summed E-state index contributed by atoms with van der Waals surface area (Å²) in [6, 6.07) is 8.88. The Morgan fingerprint density at radius 3 is 2.61 bits per heavy atom. The second kappa shape index (κ2) is 10.7. The van der Waals surface area contributed by atoms with Crippen LogP contribution in [0.1, 0.15) is 26.3 Å². The molecule has 2 rings (SSSR count). The number of hydrogen-bond donors (Lipinski definition) is 2. The zero-order valence-corrected chi connectivity index (χ0v) is 16.7. The van der Waals surface area contributed by atoms with Crippen LogP contribution < -0.4 is 15.5 Å². The Kier molecular flexibility index (Phi) is 9.31. The van der Waals surface area contributed by atoms with E-state index in [1.807, 2.05) is 0 Å². The monoisotopic (exact) mass is 432 g/mol. The number of hydrogen-bond acceptors (Lipinski definition) is 3. The van der Waals surface area contributed by atoms with Gasteiger partial charge in [0.25, 0.3) is 0 Å². The summed E-state index contributed by atoms with van der Waals surface area (Å²) in [4.78, 5) is 7.10. The summed E-state index contributed by atoms with van der Waals surface area (Å²) in [6.45, 7) is 11.4. The maximum atomic E-state index is 5.45. The highest BCUT2D eigenvalue weighted by atomic mass is 127. The molecule has 1 aromatic rings. The maximum absolute atomic E-state index is 5.45. The Bertz CT molecular complexity index is 487. The van der Waals surface area contributed by atoms with Crippen molar-refractivity contribution in [2.24, 2.45) is 4.99 Å². The SMILES string of the molecule is CCNC(=NCc1ccccc1N1CCOCC1)NC(C)C.I.